The summed E-state index contributed by atoms with van der Waals surface area (Å²) in [6.07, 6.45) is 3.15. The van der Waals surface area contributed by atoms with Crippen molar-refractivity contribution in [2.45, 2.75) is 78.8 Å². The van der Waals surface area contributed by atoms with Gasteiger partial charge in [0.25, 0.3) is 0 Å². The summed E-state index contributed by atoms with van der Waals surface area (Å²) in [6, 6.07) is 0. The molecule has 3 nitrogen and oxygen atoms in total. The standard InChI is InChI=1S/C14H33NO2Si/c1-8-11-16-18(13(4)10-3,17-12-9-2)15-14(5,6)7/h13,15H,8-12H2,1-7H3. The van der Waals surface area contributed by atoms with Crippen molar-refractivity contribution in [3.63, 3.8) is 0 Å². The highest BCUT2D eigenvalue weighted by atomic mass is 28.4. The third kappa shape index (κ3) is 6.32. The smallest absolute Gasteiger partial charge is 0.383 e. The van der Waals surface area contributed by atoms with E-state index < -0.39 is 8.72 Å². The minimum absolute atomic E-state index is 0.0249. The van der Waals surface area contributed by atoms with E-state index >= 15 is 0 Å². The van der Waals surface area contributed by atoms with Gasteiger partial charge in [-0.15, -0.1) is 0 Å². The fraction of sp³-hybridized carbons (Fsp3) is 1.00. The summed E-state index contributed by atoms with van der Waals surface area (Å²) in [5.74, 6) is 0. The number of rotatable bonds is 9. The van der Waals surface area contributed by atoms with E-state index in [9.17, 15) is 0 Å². The molecular formula is C14H33NO2Si. The average Bonchev–Trinajstić information content (AvgIpc) is 2.30. The molecule has 0 saturated carbocycles. The Hall–Kier alpha value is 0.0969. The van der Waals surface area contributed by atoms with Gasteiger partial charge in [0.15, 0.2) is 0 Å². The highest BCUT2D eigenvalue weighted by Gasteiger charge is 2.46. The van der Waals surface area contributed by atoms with Gasteiger partial charge in [-0.1, -0.05) is 34.1 Å². The molecule has 0 saturated heterocycles. The van der Waals surface area contributed by atoms with Gasteiger partial charge in [0.05, 0.1) is 0 Å². The van der Waals surface area contributed by atoms with Gasteiger partial charge < -0.3 is 8.85 Å². The van der Waals surface area contributed by atoms with Crippen LogP contribution in [0.1, 0.15) is 67.7 Å². The van der Waals surface area contributed by atoms with Crippen LogP contribution in [0.5, 0.6) is 0 Å². The summed E-state index contributed by atoms with van der Waals surface area (Å²) < 4.78 is 12.4. The van der Waals surface area contributed by atoms with Crippen molar-refractivity contribution < 1.29 is 8.85 Å². The number of hydrogen-bond acceptors (Lipinski definition) is 3. The summed E-state index contributed by atoms with van der Waals surface area (Å²) in [5.41, 5.74) is 0.478. The third-order valence-electron chi connectivity index (χ3n) is 2.85. The second-order valence-corrected chi connectivity index (χ2v) is 9.20. The zero-order valence-electron chi connectivity index (χ0n) is 13.4. The van der Waals surface area contributed by atoms with Crippen molar-refractivity contribution in [2.24, 2.45) is 0 Å². The fourth-order valence-corrected chi connectivity index (χ4v) is 5.46. The van der Waals surface area contributed by atoms with E-state index in [2.05, 4.69) is 53.4 Å². The molecule has 0 rings (SSSR count). The first-order chi connectivity index (χ1) is 8.31. The molecule has 0 aliphatic carbocycles. The largest absolute Gasteiger partial charge is 0.428 e. The molecule has 1 unspecified atom stereocenters. The van der Waals surface area contributed by atoms with Gasteiger partial charge in [0.1, 0.15) is 0 Å². The highest BCUT2D eigenvalue weighted by molar-refractivity contribution is 6.66. The molecule has 0 fully saturated rings. The van der Waals surface area contributed by atoms with E-state index in [1.54, 1.807) is 0 Å². The molecule has 0 aromatic rings. The summed E-state index contributed by atoms with van der Waals surface area (Å²) in [5, 5.41) is 0. The van der Waals surface area contributed by atoms with Crippen LogP contribution >= 0.6 is 0 Å². The summed E-state index contributed by atoms with van der Waals surface area (Å²) >= 11 is 0. The van der Waals surface area contributed by atoms with Gasteiger partial charge in [-0.2, -0.15) is 0 Å². The Bertz CT molecular complexity index is 208. The first-order valence-electron chi connectivity index (χ1n) is 7.38. The van der Waals surface area contributed by atoms with E-state index in [0.717, 1.165) is 32.5 Å². The van der Waals surface area contributed by atoms with Crippen molar-refractivity contribution in [3.8, 4) is 0 Å². The first kappa shape index (κ1) is 18.1. The van der Waals surface area contributed by atoms with Gasteiger partial charge in [-0.05, 0) is 33.6 Å². The number of hydrogen-bond donors (Lipinski definition) is 1. The Balaban J connectivity index is 4.98. The molecular weight excluding hydrogens is 242 g/mol. The van der Waals surface area contributed by atoms with Crippen LogP contribution in [0.4, 0.5) is 0 Å². The summed E-state index contributed by atoms with van der Waals surface area (Å²) in [6.45, 7) is 16.9. The van der Waals surface area contributed by atoms with Gasteiger partial charge in [0.2, 0.25) is 0 Å². The lowest BCUT2D eigenvalue weighted by Gasteiger charge is -2.40. The lowest BCUT2D eigenvalue weighted by atomic mass is 10.1. The van der Waals surface area contributed by atoms with Crippen LogP contribution in [0.15, 0.2) is 0 Å². The maximum Gasteiger partial charge on any atom is 0.428 e. The van der Waals surface area contributed by atoms with Crippen LogP contribution in [0.3, 0.4) is 0 Å². The van der Waals surface area contributed by atoms with Gasteiger partial charge in [-0.3, -0.25) is 4.98 Å². The van der Waals surface area contributed by atoms with E-state index in [-0.39, 0.29) is 5.54 Å². The highest BCUT2D eigenvalue weighted by Crippen LogP contribution is 2.27. The van der Waals surface area contributed by atoms with Crippen molar-refractivity contribution in [2.75, 3.05) is 13.2 Å². The normalized spacial score (nSPS) is 14.8. The molecule has 18 heavy (non-hydrogen) atoms. The molecule has 0 aliphatic heterocycles. The van der Waals surface area contributed by atoms with Crippen LogP contribution in [-0.4, -0.2) is 27.5 Å². The van der Waals surface area contributed by atoms with Gasteiger partial charge >= 0.3 is 8.72 Å². The van der Waals surface area contributed by atoms with E-state index in [0.29, 0.717) is 5.54 Å². The second-order valence-electron chi connectivity index (χ2n) is 6.05. The van der Waals surface area contributed by atoms with Gasteiger partial charge in [-0.25, -0.2) is 0 Å². The van der Waals surface area contributed by atoms with E-state index in [1.807, 2.05) is 0 Å². The second kappa shape index (κ2) is 8.30. The van der Waals surface area contributed by atoms with Crippen LogP contribution in [0.25, 0.3) is 0 Å². The van der Waals surface area contributed by atoms with Crippen molar-refractivity contribution >= 4 is 8.72 Å². The summed E-state index contributed by atoms with van der Waals surface area (Å²) in [7, 11) is -2.33. The Labute approximate surface area is 115 Å². The van der Waals surface area contributed by atoms with Crippen molar-refractivity contribution in [1.29, 1.82) is 0 Å². The zero-order valence-corrected chi connectivity index (χ0v) is 14.4. The topological polar surface area (TPSA) is 30.5 Å². The van der Waals surface area contributed by atoms with Crippen molar-refractivity contribution in [3.05, 3.63) is 0 Å². The molecule has 110 valence electrons. The lowest BCUT2D eigenvalue weighted by Crippen LogP contribution is -2.65. The lowest BCUT2D eigenvalue weighted by molar-refractivity contribution is 0.137. The first-order valence-corrected chi connectivity index (χ1v) is 9.28. The molecule has 1 atom stereocenters. The molecule has 0 bridgehead atoms. The Kier molecular flexibility index (Phi) is 8.35. The van der Waals surface area contributed by atoms with Crippen LogP contribution in [0.2, 0.25) is 5.54 Å². The molecule has 0 radical (unpaired) electrons. The number of nitrogens with one attached hydrogen (secondary N) is 1. The predicted octanol–water partition coefficient (Wildman–Crippen LogP) is 3.97. The van der Waals surface area contributed by atoms with Crippen LogP contribution < -0.4 is 4.98 Å². The Morgan fingerprint density at radius 2 is 1.44 bits per heavy atom. The molecule has 0 amide bonds. The SMILES string of the molecule is CCCO[Si](NC(C)(C)C)(OCCC)C(C)CC. The molecule has 1 N–H and O–H groups in total. The van der Waals surface area contributed by atoms with Crippen LogP contribution in [-0.2, 0) is 8.85 Å². The summed E-state index contributed by atoms with van der Waals surface area (Å²) in [4.78, 5) is 3.68. The third-order valence-corrected chi connectivity index (χ3v) is 6.92. The van der Waals surface area contributed by atoms with Crippen molar-refractivity contribution in [1.82, 2.24) is 4.98 Å². The Morgan fingerprint density at radius 1 is 1.00 bits per heavy atom. The van der Waals surface area contributed by atoms with Gasteiger partial charge in [0, 0.05) is 24.3 Å². The maximum atomic E-state index is 6.22. The quantitative estimate of drug-likeness (QED) is 0.646. The molecule has 0 aliphatic rings. The molecule has 0 aromatic carbocycles. The molecule has 4 heteroatoms. The average molecular weight is 276 g/mol. The predicted molar refractivity (Wildman–Crippen MR) is 80.8 cm³/mol. The molecule has 0 spiro atoms. The molecule has 0 aromatic heterocycles. The van der Waals surface area contributed by atoms with Crippen LogP contribution in [0, 0.1) is 0 Å². The van der Waals surface area contributed by atoms with E-state index in [1.165, 1.54) is 0 Å². The Morgan fingerprint density at radius 3 is 1.72 bits per heavy atom. The maximum absolute atomic E-state index is 6.22. The monoisotopic (exact) mass is 275 g/mol. The zero-order chi connectivity index (χ0) is 14.2. The minimum atomic E-state index is -2.33. The molecule has 0 heterocycles. The minimum Gasteiger partial charge on any atom is -0.383 e. The fourth-order valence-electron chi connectivity index (χ4n) is 1.82. The van der Waals surface area contributed by atoms with E-state index in [4.69, 9.17) is 8.85 Å².